The summed E-state index contributed by atoms with van der Waals surface area (Å²) in [7, 11) is 4.52. The first-order valence-corrected chi connectivity index (χ1v) is 20.6. The lowest BCUT2D eigenvalue weighted by Gasteiger charge is -2.32. The number of hydrogen-bond donors (Lipinski definition) is 2. The molecule has 2 radical (unpaired) electrons. The number of unbranched alkanes of at least 4 members (excludes halogenated alkanes) is 5. The van der Waals surface area contributed by atoms with E-state index in [1.807, 2.05) is 48.5 Å². The second-order valence-corrected chi connectivity index (χ2v) is 14.3. The second-order valence-electron chi connectivity index (χ2n) is 14.3. The van der Waals surface area contributed by atoms with E-state index in [-0.39, 0.29) is 0 Å². The maximum Gasteiger partial charge on any atom is 0.149 e. The maximum atomic E-state index is 7.34. The second kappa shape index (κ2) is 23.1. The summed E-state index contributed by atoms with van der Waals surface area (Å²) in [5.74, 6) is 3.47. The van der Waals surface area contributed by atoms with Gasteiger partial charge in [-0.05, 0) is 96.5 Å². The quantitative estimate of drug-likeness (QED) is 0.0469. The first kappa shape index (κ1) is 42.9. The molecule has 4 rings (SSSR count). The van der Waals surface area contributed by atoms with E-state index in [0.29, 0.717) is 26.4 Å². The summed E-state index contributed by atoms with van der Waals surface area (Å²) >= 11 is 0. The minimum atomic E-state index is -0.771. The van der Waals surface area contributed by atoms with E-state index in [4.69, 9.17) is 30.4 Å². The Balaban J connectivity index is 1.44. The number of hydrogen-bond acceptors (Lipinski definition) is 6. The summed E-state index contributed by atoms with van der Waals surface area (Å²) in [5, 5.41) is 0. The molecule has 0 bridgehead atoms. The predicted octanol–water partition coefficient (Wildman–Crippen LogP) is 10.4. The summed E-state index contributed by atoms with van der Waals surface area (Å²) in [5.41, 5.74) is 17.2. The molecule has 54 heavy (non-hydrogen) atoms. The smallest absolute Gasteiger partial charge is 0.149 e. The Labute approximate surface area is 328 Å². The molecule has 0 aliphatic heterocycles. The minimum Gasteiger partial charge on any atom is -0.494 e. The van der Waals surface area contributed by atoms with Gasteiger partial charge in [-0.25, -0.2) is 0 Å². The Morgan fingerprint density at radius 3 is 0.796 bits per heavy atom. The van der Waals surface area contributed by atoms with Crippen LogP contribution in [-0.2, 0) is 10.9 Å². The molecule has 0 heterocycles. The van der Waals surface area contributed by atoms with Crippen molar-refractivity contribution in [3.05, 3.63) is 119 Å². The lowest BCUT2D eigenvalue weighted by molar-refractivity contribution is 0.309. The van der Waals surface area contributed by atoms with Gasteiger partial charge in [-0.2, -0.15) is 0 Å². The van der Waals surface area contributed by atoms with Crippen LogP contribution in [0.15, 0.2) is 97.1 Å². The molecule has 288 valence electrons. The highest BCUT2D eigenvalue weighted by Gasteiger charge is 2.32. The Morgan fingerprint density at radius 2 is 0.593 bits per heavy atom. The molecular formula is C46H64B2N2O4. The van der Waals surface area contributed by atoms with Gasteiger partial charge in [-0.15, -0.1) is 0 Å². The molecule has 0 saturated heterocycles. The lowest BCUT2D eigenvalue weighted by atomic mass is 9.49. The van der Waals surface area contributed by atoms with Gasteiger partial charge in [0.2, 0.25) is 0 Å². The van der Waals surface area contributed by atoms with Crippen LogP contribution in [0.4, 0.5) is 0 Å². The number of nitrogens with two attached hydrogens (primary N) is 2. The van der Waals surface area contributed by atoms with E-state index >= 15 is 0 Å². The van der Waals surface area contributed by atoms with Crippen LogP contribution in [0.1, 0.15) is 114 Å². The summed E-state index contributed by atoms with van der Waals surface area (Å²) in [6, 6.07) is 33.1. The van der Waals surface area contributed by atoms with E-state index in [1.165, 1.54) is 0 Å². The zero-order valence-corrected chi connectivity index (χ0v) is 33.5. The van der Waals surface area contributed by atoms with Crippen LogP contribution in [0.25, 0.3) is 0 Å². The molecule has 4 aromatic rings. The van der Waals surface area contributed by atoms with Crippen molar-refractivity contribution in [3.8, 4) is 23.0 Å². The van der Waals surface area contributed by atoms with Crippen molar-refractivity contribution in [1.82, 2.24) is 0 Å². The Kier molecular flexibility index (Phi) is 18.4. The maximum absolute atomic E-state index is 7.34. The Hall–Kier alpha value is -3.87. The molecule has 0 saturated carbocycles. The van der Waals surface area contributed by atoms with Gasteiger partial charge in [0.1, 0.15) is 37.6 Å². The van der Waals surface area contributed by atoms with Gasteiger partial charge in [-0.3, -0.25) is 0 Å². The van der Waals surface area contributed by atoms with Gasteiger partial charge in [0, 0.05) is 10.9 Å². The van der Waals surface area contributed by atoms with Crippen molar-refractivity contribution < 1.29 is 18.9 Å². The average Bonchev–Trinajstić information content (AvgIpc) is 3.20. The molecule has 0 aliphatic rings. The molecule has 6 nitrogen and oxygen atoms in total. The Bertz CT molecular complexity index is 1350. The van der Waals surface area contributed by atoms with E-state index in [0.717, 1.165) is 122 Å². The minimum absolute atomic E-state index is 0.716. The average molecular weight is 731 g/mol. The molecule has 0 spiro atoms. The molecular weight excluding hydrogens is 666 g/mol. The summed E-state index contributed by atoms with van der Waals surface area (Å²) in [4.78, 5) is 0. The van der Waals surface area contributed by atoms with Crippen molar-refractivity contribution in [3.63, 3.8) is 0 Å². The highest BCUT2D eigenvalue weighted by Crippen LogP contribution is 2.33. The van der Waals surface area contributed by atoms with Crippen LogP contribution in [0.2, 0.25) is 12.6 Å². The van der Waals surface area contributed by atoms with E-state index in [2.05, 4.69) is 90.8 Å². The first-order chi connectivity index (χ1) is 26.4. The molecule has 0 atom stereocenters. The highest BCUT2D eigenvalue weighted by atomic mass is 16.5. The van der Waals surface area contributed by atoms with Crippen LogP contribution in [-0.4, -0.2) is 41.0 Å². The molecule has 0 unspecified atom stereocenters. The van der Waals surface area contributed by atoms with Crippen LogP contribution >= 0.6 is 0 Å². The van der Waals surface area contributed by atoms with Gasteiger partial charge in [0.25, 0.3) is 0 Å². The van der Waals surface area contributed by atoms with Gasteiger partial charge in [0.15, 0.2) is 0 Å². The summed E-state index contributed by atoms with van der Waals surface area (Å²) in [6.45, 7) is 11.5. The molecule has 0 fully saturated rings. The van der Waals surface area contributed by atoms with Crippen molar-refractivity contribution in [2.24, 2.45) is 11.5 Å². The summed E-state index contributed by atoms with van der Waals surface area (Å²) in [6.07, 6.45) is 12.2. The van der Waals surface area contributed by atoms with Crippen LogP contribution in [0, 0.1) is 0 Å². The van der Waals surface area contributed by atoms with Crippen LogP contribution < -0.4 is 30.4 Å². The van der Waals surface area contributed by atoms with E-state index < -0.39 is 10.9 Å². The largest absolute Gasteiger partial charge is 0.494 e. The molecule has 4 aromatic carbocycles. The highest BCUT2D eigenvalue weighted by molar-refractivity contribution is 6.42. The molecule has 8 heteroatoms. The monoisotopic (exact) mass is 731 g/mol. The Morgan fingerprint density at radius 1 is 0.370 bits per heavy atom. The molecule has 0 aliphatic carbocycles. The van der Waals surface area contributed by atoms with E-state index in [9.17, 15) is 0 Å². The fourth-order valence-electron chi connectivity index (χ4n) is 6.40. The molecule has 0 aromatic heterocycles. The zero-order chi connectivity index (χ0) is 38.5. The van der Waals surface area contributed by atoms with Crippen molar-refractivity contribution >= 4 is 14.6 Å². The fraction of sp³-hybridized carbons (Fsp3) is 0.478. The van der Waals surface area contributed by atoms with Crippen molar-refractivity contribution in [2.75, 3.05) is 26.4 Å². The SMILES string of the molecule is CCCCOc1ccc(C(N)([B]CCCC[B]C(N)(c2ccc(OCCCC)cc2)c2ccc(OCCCC)cc2)c2ccc(OCCCC)cc2)cc1. The lowest BCUT2D eigenvalue weighted by Crippen LogP contribution is -2.44. The normalized spacial score (nSPS) is 11.6. The first-order valence-electron chi connectivity index (χ1n) is 20.6. The van der Waals surface area contributed by atoms with Crippen molar-refractivity contribution in [1.29, 1.82) is 0 Å². The van der Waals surface area contributed by atoms with Gasteiger partial charge >= 0.3 is 0 Å². The number of rotatable bonds is 27. The van der Waals surface area contributed by atoms with Crippen LogP contribution in [0.5, 0.6) is 23.0 Å². The van der Waals surface area contributed by atoms with E-state index in [1.54, 1.807) is 0 Å². The molecule has 0 amide bonds. The summed E-state index contributed by atoms with van der Waals surface area (Å²) < 4.78 is 23.8. The third-order valence-corrected chi connectivity index (χ3v) is 9.99. The fourth-order valence-corrected chi connectivity index (χ4v) is 6.40. The number of ether oxygens (including phenoxy) is 4. The van der Waals surface area contributed by atoms with Crippen molar-refractivity contribution in [2.45, 2.75) is 115 Å². The zero-order valence-electron chi connectivity index (χ0n) is 33.5. The molecule has 4 N–H and O–H groups in total. The topological polar surface area (TPSA) is 89.0 Å². The van der Waals surface area contributed by atoms with Gasteiger partial charge in [0.05, 0.1) is 26.4 Å². The predicted molar refractivity (Wildman–Crippen MR) is 228 cm³/mol. The van der Waals surface area contributed by atoms with Crippen LogP contribution in [0.3, 0.4) is 0 Å². The standard InChI is InChI=1S/C46H64B2N2O4/c1-5-9-33-51-41-23-15-37(16-24-41)45(49,38-17-25-42(26-18-38)52-34-10-6-2)47-31-13-14-32-48-46(50,39-19-27-43(28-20-39)53-35-11-7-3)40-21-29-44(30-22-40)54-36-12-8-4/h15-30H,5-14,31-36,49-50H2,1-4H3. The van der Waals surface area contributed by atoms with Gasteiger partial charge < -0.3 is 30.4 Å². The third-order valence-electron chi connectivity index (χ3n) is 9.99. The van der Waals surface area contributed by atoms with Gasteiger partial charge in [-0.1, -0.05) is 127 Å². The number of benzene rings is 4. The third kappa shape index (κ3) is 12.9.